The number of carbonyl (C=O) groups is 1. The summed E-state index contributed by atoms with van der Waals surface area (Å²) in [6.45, 7) is -0.165. The highest BCUT2D eigenvalue weighted by Gasteiger charge is 2.37. The molecule has 100 valence electrons. The molecule has 1 atom stereocenters. The maximum atomic E-state index is 11.9. The number of anilines is 1. The predicted octanol–water partition coefficient (Wildman–Crippen LogP) is 0.900. The summed E-state index contributed by atoms with van der Waals surface area (Å²) in [7, 11) is 0. The zero-order chi connectivity index (χ0) is 13.8. The lowest BCUT2D eigenvalue weighted by atomic mass is 10.2. The molecule has 0 aliphatic carbocycles. The van der Waals surface area contributed by atoms with Crippen LogP contribution in [0.2, 0.25) is 0 Å². The molecule has 0 aliphatic heterocycles. The molecule has 0 saturated heterocycles. The highest BCUT2D eigenvalue weighted by molar-refractivity contribution is 5.84. The van der Waals surface area contributed by atoms with Crippen molar-refractivity contribution in [2.24, 2.45) is 0 Å². The van der Waals surface area contributed by atoms with E-state index in [0.717, 1.165) is 12.4 Å². The summed E-state index contributed by atoms with van der Waals surface area (Å²) in [5, 5.41) is 19.7. The van der Waals surface area contributed by atoms with E-state index in [2.05, 4.69) is 15.3 Å². The van der Waals surface area contributed by atoms with Crippen LogP contribution in [0.5, 0.6) is 0 Å². The van der Waals surface area contributed by atoms with E-state index in [-0.39, 0.29) is 18.1 Å². The van der Waals surface area contributed by atoms with Crippen LogP contribution in [0.25, 0.3) is 0 Å². The monoisotopic (exact) mass is 265 g/mol. The van der Waals surface area contributed by atoms with Gasteiger partial charge in [-0.15, -0.1) is 0 Å². The lowest BCUT2D eigenvalue weighted by molar-refractivity contribution is -0.204. The standard InChI is InChI=1S/C9H10F3N3O3/c10-9(11,12)6(16)1-2-13-7-4-14-5(3-15-7)8(17)18/h3-4,6,16H,1-2H2,(H,13,15)(H,17,18). The Morgan fingerprint density at radius 1 is 1.39 bits per heavy atom. The Morgan fingerprint density at radius 3 is 2.50 bits per heavy atom. The molecule has 0 aliphatic rings. The molecule has 0 radical (unpaired) electrons. The van der Waals surface area contributed by atoms with Gasteiger partial charge in [0.15, 0.2) is 11.8 Å². The number of nitrogens with zero attached hydrogens (tertiary/aromatic N) is 2. The molecular weight excluding hydrogens is 255 g/mol. The van der Waals surface area contributed by atoms with Crippen molar-refractivity contribution in [2.75, 3.05) is 11.9 Å². The number of nitrogens with one attached hydrogen (secondary N) is 1. The lowest BCUT2D eigenvalue weighted by Crippen LogP contribution is -2.30. The van der Waals surface area contributed by atoms with Crippen LogP contribution in [-0.4, -0.2) is 45.0 Å². The average molecular weight is 265 g/mol. The van der Waals surface area contributed by atoms with Gasteiger partial charge in [0, 0.05) is 6.54 Å². The van der Waals surface area contributed by atoms with E-state index < -0.39 is 24.7 Å². The largest absolute Gasteiger partial charge is 0.476 e. The zero-order valence-electron chi connectivity index (χ0n) is 8.98. The third-order valence-corrected chi connectivity index (χ3v) is 1.97. The number of carboxylic acid groups (broad SMARTS) is 1. The quantitative estimate of drug-likeness (QED) is 0.732. The summed E-state index contributed by atoms with van der Waals surface area (Å²) in [5.74, 6) is -1.11. The zero-order valence-corrected chi connectivity index (χ0v) is 8.98. The average Bonchev–Trinajstić information content (AvgIpc) is 2.28. The first kappa shape index (κ1) is 14.2. The van der Waals surface area contributed by atoms with Gasteiger partial charge in [0.2, 0.25) is 0 Å². The number of carboxylic acids is 1. The van der Waals surface area contributed by atoms with E-state index in [0.29, 0.717) is 0 Å². The summed E-state index contributed by atoms with van der Waals surface area (Å²) in [6.07, 6.45) is -5.53. The molecule has 0 spiro atoms. The van der Waals surface area contributed by atoms with Crippen LogP contribution in [0.15, 0.2) is 12.4 Å². The van der Waals surface area contributed by atoms with Crippen LogP contribution in [0, 0.1) is 0 Å². The minimum atomic E-state index is -4.65. The minimum absolute atomic E-state index is 0.134. The molecule has 0 saturated carbocycles. The van der Waals surface area contributed by atoms with E-state index in [9.17, 15) is 18.0 Å². The molecule has 18 heavy (non-hydrogen) atoms. The van der Waals surface area contributed by atoms with Crippen molar-refractivity contribution in [1.82, 2.24) is 9.97 Å². The van der Waals surface area contributed by atoms with Crippen molar-refractivity contribution in [3.63, 3.8) is 0 Å². The lowest BCUT2D eigenvalue weighted by Gasteiger charge is -2.14. The maximum absolute atomic E-state index is 11.9. The summed E-state index contributed by atoms with van der Waals surface area (Å²) < 4.78 is 35.8. The fourth-order valence-corrected chi connectivity index (χ4v) is 1.03. The van der Waals surface area contributed by atoms with Gasteiger partial charge in [0.1, 0.15) is 5.82 Å². The van der Waals surface area contributed by atoms with Gasteiger partial charge in [0.25, 0.3) is 0 Å². The molecule has 1 unspecified atom stereocenters. The SMILES string of the molecule is O=C(O)c1cnc(NCCC(O)C(F)(F)F)cn1. The van der Waals surface area contributed by atoms with Crippen LogP contribution in [-0.2, 0) is 0 Å². The summed E-state index contributed by atoms with van der Waals surface area (Å²) >= 11 is 0. The molecular formula is C9H10F3N3O3. The Morgan fingerprint density at radius 2 is 2.06 bits per heavy atom. The van der Waals surface area contributed by atoms with Crippen LogP contribution in [0.3, 0.4) is 0 Å². The first-order valence-electron chi connectivity index (χ1n) is 4.84. The van der Waals surface area contributed by atoms with E-state index in [1.54, 1.807) is 0 Å². The minimum Gasteiger partial charge on any atom is -0.476 e. The van der Waals surface area contributed by atoms with Gasteiger partial charge >= 0.3 is 12.1 Å². The van der Waals surface area contributed by atoms with E-state index in [1.165, 1.54) is 0 Å². The first-order valence-corrected chi connectivity index (χ1v) is 4.84. The Hall–Kier alpha value is -1.90. The molecule has 0 bridgehead atoms. The van der Waals surface area contributed by atoms with Gasteiger partial charge in [-0.3, -0.25) is 0 Å². The molecule has 1 heterocycles. The molecule has 6 nitrogen and oxygen atoms in total. The van der Waals surface area contributed by atoms with Crippen molar-refractivity contribution in [3.8, 4) is 0 Å². The van der Waals surface area contributed by atoms with Gasteiger partial charge in [-0.05, 0) is 6.42 Å². The molecule has 0 fully saturated rings. The van der Waals surface area contributed by atoms with Crippen LogP contribution >= 0.6 is 0 Å². The second kappa shape index (κ2) is 5.63. The van der Waals surface area contributed by atoms with Gasteiger partial charge < -0.3 is 15.5 Å². The Kier molecular flexibility index (Phi) is 4.43. The predicted molar refractivity (Wildman–Crippen MR) is 54.2 cm³/mol. The Balaban J connectivity index is 2.43. The Labute approximate surface area is 99.5 Å². The molecule has 1 aromatic heterocycles. The number of halogens is 3. The van der Waals surface area contributed by atoms with Gasteiger partial charge in [-0.1, -0.05) is 0 Å². The smallest absolute Gasteiger partial charge is 0.414 e. The fourth-order valence-electron chi connectivity index (χ4n) is 1.03. The molecule has 0 aromatic carbocycles. The fraction of sp³-hybridized carbons (Fsp3) is 0.444. The summed E-state index contributed by atoms with van der Waals surface area (Å²) in [6, 6.07) is 0. The van der Waals surface area contributed by atoms with Crippen LogP contribution in [0.1, 0.15) is 16.9 Å². The maximum Gasteiger partial charge on any atom is 0.414 e. The van der Waals surface area contributed by atoms with Crippen molar-refractivity contribution in [1.29, 1.82) is 0 Å². The highest BCUT2D eigenvalue weighted by atomic mass is 19.4. The number of alkyl halides is 3. The normalized spacial score (nSPS) is 13.1. The second-order valence-corrected chi connectivity index (χ2v) is 3.36. The first-order chi connectivity index (χ1) is 8.30. The molecule has 3 N–H and O–H groups in total. The topological polar surface area (TPSA) is 95.3 Å². The molecule has 1 rings (SSSR count). The Bertz CT molecular complexity index is 408. The highest BCUT2D eigenvalue weighted by Crippen LogP contribution is 2.21. The number of aromatic nitrogens is 2. The molecule has 1 aromatic rings. The number of hydrogen-bond acceptors (Lipinski definition) is 5. The van der Waals surface area contributed by atoms with E-state index in [4.69, 9.17) is 10.2 Å². The second-order valence-electron chi connectivity index (χ2n) is 3.36. The number of aliphatic hydroxyl groups excluding tert-OH is 1. The van der Waals surface area contributed by atoms with E-state index in [1.807, 2.05) is 0 Å². The van der Waals surface area contributed by atoms with Crippen LogP contribution in [0.4, 0.5) is 19.0 Å². The number of hydrogen-bond donors (Lipinski definition) is 3. The van der Waals surface area contributed by atoms with Crippen molar-refractivity contribution >= 4 is 11.8 Å². The number of aromatic carboxylic acids is 1. The summed E-state index contributed by atoms with van der Waals surface area (Å²) in [4.78, 5) is 17.6. The van der Waals surface area contributed by atoms with Gasteiger partial charge in [0.05, 0.1) is 12.4 Å². The van der Waals surface area contributed by atoms with Crippen molar-refractivity contribution in [2.45, 2.75) is 18.7 Å². The third-order valence-electron chi connectivity index (χ3n) is 1.97. The summed E-state index contributed by atoms with van der Waals surface area (Å²) in [5.41, 5.74) is -0.268. The third kappa shape index (κ3) is 4.17. The molecule has 0 amide bonds. The van der Waals surface area contributed by atoms with Crippen LogP contribution < -0.4 is 5.32 Å². The van der Waals surface area contributed by atoms with Crippen molar-refractivity contribution in [3.05, 3.63) is 18.1 Å². The number of aliphatic hydroxyl groups is 1. The van der Waals surface area contributed by atoms with Gasteiger partial charge in [-0.2, -0.15) is 13.2 Å². The number of rotatable bonds is 5. The van der Waals surface area contributed by atoms with E-state index >= 15 is 0 Å². The van der Waals surface area contributed by atoms with Crippen molar-refractivity contribution < 1.29 is 28.2 Å². The van der Waals surface area contributed by atoms with Gasteiger partial charge in [-0.25, -0.2) is 14.8 Å². The molecule has 9 heteroatoms.